The number of rotatable bonds is 8. The number of aliphatic imine (C=N–C) groups is 1. The zero-order valence-electron chi connectivity index (χ0n) is 19.2. The van der Waals surface area contributed by atoms with E-state index in [9.17, 15) is 0 Å². The van der Waals surface area contributed by atoms with Gasteiger partial charge in [-0.3, -0.25) is 9.89 Å². The Bertz CT molecular complexity index is 823. The molecule has 4 nitrogen and oxygen atoms in total. The van der Waals surface area contributed by atoms with E-state index in [2.05, 4.69) is 16.0 Å². The van der Waals surface area contributed by atoms with Gasteiger partial charge < -0.3 is 9.47 Å². The molecule has 0 aromatic rings. The second kappa shape index (κ2) is 14.3. The Kier molecular flexibility index (Phi) is 11.8. The summed E-state index contributed by atoms with van der Waals surface area (Å²) in [5.74, 6) is 0.393. The van der Waals surface area contributed by atoms with E-state index >= 15 is 0 Å². The second-order valence-corrected chi connectivity index (χ2v) is 8.69. The Labute approximate surface area is 203 Å². The maximum Gasteiger partial charge on any atom is 0.107 e. The Morgan fingerprint density at radius 3 is 2.72 bits per heavy atom. The predicted octanol–water partition coefficient (Wildman–Crippen LogP) is 6.33. The first-order valence-corrected chi connectivity index (χ1v) is 11.8. The van der Waals surface area contributed by atoms with Crippen LogP contribution in [0.25, 0.3) is 0 Å². The van der Waals surface area contributed by atoms with Crippen molar-refractivity contribution >= 4 is 29.4 Å². The molecule has 0 radical (unpaired) electrons. The molecule has 32 heavy (non-hydrogen) atoms. The van der Waals surface area contributed by atoms with E-state index in [1.54, 1.807) is 19.6 Å². The average Bonchev–Trinajstić information content (AvgIpc) is 2.86. The summed E-state index contributed by atoms with van der Waals surface area (Å²) in [6.07, 6.45) is 24.9. The van der Waals surface area contributed by atoms with Crippen LogP contribution in [0.15, 0.2) is 88.3 Å². The minimum Gasteiger partial charge on any atom is -0.504 e. The quantitative estimate of drug-likeness (QED) is 0.233. The maximum atomic E-state index is 6.70. The first-order chi connectivity index (χ1) is 15.5. The van der Waals surface area contributed by atoms with Crippen molar-refractivity contribution in [3.63, 3.8) is 0 Å². The largest absolute Gasteiger partial charge is 0.504 e. The molecule has 1 saturated heterocycles. The molecule has 6 heteroatoms. The van der Waals surface area contributed by atoms with Crippen LogP contribution in [-0.2, 0) is 9.47 Å². The fraction of sp³-hybridized carbons (Fsp3) is 0.423. The number of methoxy groups -OCH3 is 1. The van der Waals surface area contributed by atoms with Crippen LogP contribution < -0.4 is 0 Å². The van der Waals surface area contributed by atoms with Crippen LogP contribution in [0.4, 0.5) is 0 Å². The van der Waals surface area contributed by atoms with Crippen molar-refractivity contribution in [2.24, 2.45) is 4.99 Å². The van der Waals surface area contributed by atoms with Crippen LogP contribution >= 0.6 is 23.2 Å². The first-order valence-electron chi connectivity index (χ1n) is 10.9. The Hall–Kier alpha value is -1.85. The van der Waals surface area contributed by atoms with Crippen molar-refractivity contribution in [3.8, 4) is 0 Å². The van der Waals surface area contributed by atoms with Gasteiger partial charge in [0.2, 0.25) is 0 Å². The Morgan fingerprint density at radius 1 is 1.28 bits per heavy atom. The van der Waals surface area contributed by atoms with Gasteiger partial charge >= 0.3 is 0 Å². The zero-order chi connectivity index (χ0) is 23.2. The molecule has 1 fully saturated rings. The van der Waals surface area contributed by atoms with Crippen LogP contribution in [0.3, 0.4) is 0 Å². The number of ether oxygens (including phenoxy) is 2. The number of hydrogen-bond donors (Lipinski definition) is 0. The van der Waals surface area contributed by atoms with Gasteiger partial charge in [0.05, 0.1) is 13.4 Å². The summed E-state index contributed by atoms with van der Waals surface area (Å²) in [7, 11) is 1.68. The van der Waals surface area contributed by atoms with E-state index in [0.717, 1.165) is 43.6 Å². The summed E-state index contributed by atoms with van der Waals surface area (Å²) in [5.41, 5.74) is 1.63. The minimum atomic E-state index is -0.453. The SMILES string of the molecule is C\C=C/C=C\C(=C\OC)CN1CCC2(C=N/C=C\C=C\C(C(/C=C(\C)Cl)=C/CCl)O2)CC1. The van der Waals surface area contributed by atoms with Crippen LogP contribution in [0.5, 0.6) is 0 Å². The molecule has 0 bridgehead atoms. The summed E-state index contributed by atoms with van der Waals surface area (Å²) in [5, 5.41) is 0.690. The van der Waals surface area contributed by atoms with Gasteiger partial charge in [0.25, 0.3) is 0 Å². The Morgan fingerprint density at radius 2 is 2.06 bits per heavy atom. The summed E-state index contributed by atoms with van der Waals surface area (Å²) in [6, 6.07) is 0. The molecular weight excluding hydrogens is 443 g/mol. The molecule has 0 aromatic heterocycles. The zero-order valence-corrected chi connectivity index (χ0v) is 20.7. The minimum absolute atomic E-state index is 0.254. The van der Waals surface area contributed by atoms with Gasteiger partial charge in [-0.15, -0.1) is 11.6 Å². The van der Waals surface area contributed by atoms with Crippen molar-refractivity contribution in [1.29, 1.82) is 0 Å². The van der Waals surface area contributed by atoms with E-state index in [-0.39, 0.29) is 6.10 Å². The fourth-order valence-electron chi connectivity index (χ4n) is 3.69. The van der Waals surface area contributed by atoms with Crippen LogP contribution in [0, 0.1) is 0 Å². The maximum absolute atomic E-state index is 6.70. The van der Waals surface area contributed by atoms with E-state index in [4.69, 9.17) is 32.7 Å². The molecule has 0 N–H and O–H groups in total. The van der Waals surface area contributed by atoms with E-state index in [1.165, 1.54) is 0 Å². The lowest BCUT2D eigenvalue weighted by Gasteiger charge is -2.41. The molecule has 0 amide bonds. The molecule has 2 aliphatic heterocycles. The molecule has 1 atom stereocenters. The van der Waals surface area contributed by atoms with Crippen molar-refractivity contribution in [2.75, 3.05) is 32.6 Å². The van der Waals surface area contributed by atoms with Gasteiger partial charge in [-0.2, -0.15) is 0 Å². The molecule has 2 aliphatic rings. The second-order valence-electron chi connectivity index (χ2n) is 7.79. The van der Waals surface area contributed by atoms with E-state index < -0.39 is 5.60 Å². The number of alkyl halides is 1. The monoisotopic (exact) mass is 476 g/mol. The van der Waals surface area contributed by atoms with Crippen molar-refractivity contribution in [1.82, 2.24) is 4.90 Å². The number of piperidine rings is 1. The lowest BCUT2D eigenvalue weighted by Crippen LogP contribution is -2.49. The van der Waals surface area contributed by atoms with Crippen molar-refractivity contribution in [2.45, 2.75) is 38.4 Å². The van der Waals surface area contributed by atoms with Gasteiger partial charge in [-0.05, 0) is 44.4 Å². The third kappa shape index (κ3) is 8.95. The highest BCUT2D eigenvalue weighted by atomic mass is 35.5. The lowest BCUT2D eigenvalue weighted by atomic mass is 9.91. The van der Waals surface area contributed by atoms with E-state index in [0.29, 0.717) is 10.9 Å². The third-order valence-electron chi connectivity index (χ3n) is 5.24. The summed E-state index contributed by atoms with van der Waals surface area (Å²) < 4.78 is 12.0. The lowest BCUT2D eigenvalue weighted by molar-refractivity contribution is -0.0453. The molecule has 0 aliphatic carbocycles. The van der Waals surface area contributed by atoms with Crippen molar-refractivity contribution in [3.05, 3.63) is 83.3 Å². The summed E-state index contributed by atoms with van der Waals surface area (Å²) >= 11 is 12.2. The molecule has 1 spiro atoms. The molecular formula is C26H34Cl2N2O2. The number of halogens is 2. The number of likely N-dealkylation sites (tertiary alicyclic amines) is 1. The summed E-state index contributed by atoms with van der Waals surface area (Å²) in [6.45, 7) is 6.47. The highest BCUT2D eigenvalue weighted by Gasteiger charge is 2.36. The summed E-state index contributed by atoms with van der Waals surface area (Å²) in [4.78, 5) is 6.91. The van der Waals surface area contributed by atoms with Crippen LogP contribution in [-0.4, -0.2) is 55.4 Å². The topological polar surface area (TPSA) is 34.1 Å². The van der Waals surface area contributed by atoms with Gasteiger partial charge in [-0.1, -0.05) is 54.1 Å². The van der Waals surface area contributed by atoms with Gasteiger partial charge in [0.15, 0.2) is 0 Å². The highest BCUT2D eigenvalue weighted by Crippen LogP contribution is 2.30. The molecule has 2 rings (SSSR count). The normalized spacial score (nSPS) is 25.2. The van der Waals surface area contributed by atoms with Crippen LogP contribution in [0.1, 0.15) is 26.7 Å². The fourth-order valence-corrected chi connectivity index (χ4v) is 3.99. The molecule has 1 unspecified atom stereocenters. The third-order valence-corrected chi connectivity index (χ3v) is 5.50. The number of allylic oxidation sites excluding steroid dienone is 7. The molecule has 0 aromatic carbocycles. The van der Waals surface area contributed by atoms with Crippen LogP contribution in [0.2, 0.25) is 0 Å². The van der Waals surface area contributed by atoms with Crippen molar-refractivity contribution < 1.29 is 9.47 Å². The number of hydrogen-bond acceptors (Lipinski definition) is 4. The van der Waals surface area contributed by atoms with E-state index in [1.807, 2.05) is 68.7 Å². The van der Waals surface area contributed by atoms with Gasteiger partial charge in [0, 0.05) is 48.5 Å². The van der Waals surface area contributed by atoms with Gasteiger partial charge in [0.1, 0.15) is 11.7 Å². The molecule has 2 heterocycles. The predicted molar refractivity (Wildman–Crippen MR) is 138 cm³/mol. The molecule has 174 valence electrons. The average molecular weight is 477 g/mol. The standard InChI is InChI=1S/C26H34Cl2N2O2/c1-4-5-6-9-23(20-31-3)19-30-16-12-26(13-17-30)21-29-15-8-7-10-25(32-26)24(11-14-27)18-22(2)28/h4-11,15,18,20-21,25H,12-14,16-17,19H2,1-3H3/b5-4-,9-6-,10-7+,15-8-,22-18+,23-20-,24-11+,29-21?. The smallest absolute Gasteiger partial charge is 0.107 e. The number of nitrogens with zero attached hydrogens (tertiary/aromatic N) is 2. The first kappa shape index (κ1) is 26.4. The molecule has 0 saturated carbocycles. The Balaban J connectivity index is 2.16. The highest BCUT2D eigenvalue weighted by molar-refractivity contribution is 6.29. The van der Waals surface area contributed by atoms with Gasteiger partial charge in [-0.25, -0.2) is 0 Å².